The van der Waals surface area contributed by atoms with E-state index in [1.807, 2.05) is 24.3 Å². The Labute approximate surface area is 203 Å². The number of carboxylic acids is 1. The summed E-state index contributed by atoms with van der Waals surface area (Å²) in [5.74, 6) is -2.55. The van der Waals surface area contributed by atoms with Crippen molar-refractivity contribution in [3.8, 4) is 11.1 Å². The van der Waals surface area contributed by atoms with Gasteiger partial charge in [-0.1, -0.05) is 61.5 Å². The number of aliphatic hydroxyl groups is 1. The first-order valence-electron chi connectivity index (χ1n) is 11.2. The van der Waals surface area contributed by atoms with E-state index in [2.05, 4.69) is 12.2 Å². The average Bonchev–Trinajstić information content (AvgIpc) is 2.87. The van der Waals surface area contributed by atoms with Crippen molar-refractivity contribution in [1.29, 1.82) is 0 Å². The maximum atomic E-state index is 13.4. The number of aryl methyl sites for hydroxylation is 2. The molecule has 3 N–H and O–H groups in total. The molecule has 8 nitrogen and oxygen atoms in total. The standard InChI is InChI=1S/C27H28N2O6/c1-3-20-8-10-21(11-9-20)22-12-14-23(15-13-22)29(35-18-31)27(16-17-30,26(33)34)25(32)28-24-7-5-4-6-19(24)2/h4-15,18,30H,3,16-17H2,1-2H3,(H,28,32)(H,33,34)/t27-/m1/s1. The molecule has 0 bridgehead atoms. The number of carbonyl (C=O) groups is 3. The summed E-state index contributed by atoms with van der Waals surface area (Å²) < 4.78 is 0. The highest BCUT2D eigenvalue weighted by molar-refractivity contribution is 6.15. The normalized spacial score (nSPS) is 12.3. The van der Waals surface area contributed by atoms with Crippen LogP contribution in [0.4, 0.5) is 11.4 Å². The van der Waals surface area contributed by atoms with Crippen LogP contribution in [0, 0.1) is 6.92 Å². The van der Waals surface area contributed by atoms with Crippen molar-refractivity contribution < 1.29 is 29.4 Å². The number of carboxylic acid groups (broad SMARTS) is 1. The first-order valence-corrected chi connectivity index (χ1v) is 11.2. The highest BCUT2D eigenvalue weighted by Gasteiger charge is 2.53. The fourth-order valence-electron chi connectivity index (χ4n) is 3.84. The summed E-state index contributed by atoms with van der Waals surface area (Å²) in [7, 11) is 0. The van der Waals surface area contributed by atoms with Gasteiger partial charge >= 0.3 is 12.4 Å². The zero-order chi connectivity index (χ0) is 25.4. The lowest BCUT2D eigenvalue weighted by molar-refractivity contribution is -0.154. The Morgan fingerprint density at radius 2 is 1.60 bits per heavy atom. The molecular weight excluding hydrogens is 448 g/mol. The molecule has 0 aliphatic heterocycles. The number of hydrogen-bond donors (Lipinski definition) is 3. The van der Waals surface area contributed by atoms with Gasteiger partial charge in [-0.15, -0.1) is 0 Å². The summed E-state index contributed by atoms with van der Waals surface area (Å²) in [6, 6.07) is 21.5. The number of benzene rings is 3. The zero-order valence-corrected chi connectivity index (χ0v) is 19.6. The van der Waals surface area contributed by atoms with Crippen LogP contribution < -0.4 is 10.4 Å². The minimum atomic E-state index is -2.43. The Balaban J connectivity index is 2.03. The molecule has 3 aromatic carbocycles. The molecule has 1 amide bonds. The second-order valence-electron chi connectivity index (χ2n) is 8.00. The van der Waals surface area contributed by atoms with E-state index in [4.69, 9.17) is 4.84 Å². The molecular formula is C27H28N2O6. The first kappa shape index (κ1) is 25.5. The van der Waals surface area contributed by atoms with E-state index in [0.717, 1.165) is 22.6 Å². The number of para-hydroxylation sites is 1. The van der Waals surface area contributed by atoms with Gasteiger partial charge in [0.15, 0.2) is 0 Å². The second kappa shape index (κ2) is 11.3. The third kappa shape index (κ3) is 5.33. The summed E-state index contributed by atoms with van der Waals surface area (Å²) in [4.78, 5) is 42.4. The molecule has 0 aliphatic rings. The van der Waals surface area contributed by atoms with Gasteiger partial charge < -0.3 is 20.4 Å². The highest BCUT2D eigenvalue weighted by Crippen LogP contribution is 2.32. The van der Waals surface area contributed by atoms with Crippen molar-refractivity contribution in [2.45, 2.75) is 32.2 Å². The van der Waals surface area contributed by atoms with Gasteiger partial charge in [-0.3, -0.25) is 9.59 Å². The molecule has 3 rings (SSSR count). The van der Waals surface area contributed by atoms with Gasteiger partial charge in [0.2, 0.25) is 0 Å². The number of amides is 1. The predicted molar refractivity (Wildman–Crippen MR) is 133 cm³/mol. The Kier molecular flexibility index (Phi) is 8.22. The molecule has 0 saturated carbocycles. The van der Waals surface area contributed by atoms with E-state index < -0.39 is 30.4 Å². The topological polar surface area (TPSA) is 116 Å². The summed E-state index contributed by atoms with van der Waals surface area (Å²) in [6.45, 7) is 3.24. The van der Waals surface area contributed by atoms with Gasteiger partial charge in [-0.25, -0.2) is 4.79 Å². The van der Waals surface area contributed by atoms with Crippen LogP contribution in [0.1, 0.15) is 24.5 Å². The highest BCUT2D eigenvalue weighted by atomic mass is 16.7. The largest absolute Gasteiger partial charge is 0.479 e. The van der Waals surface area contributed by atoms with Crippen LogP contribution in [0.25, 0.3) is 11.1 Å². The third-order valence-corrected chi connectivity index (χ3v) is 5.89. The molecule has 0 unspecified atom stereocenters. The molecule has 8 heteroatoms. The molecule has 3 aromatic rings. The van der Waals surface area contributed by atoms with Crippen molar-refractivity contribution in [2.24, 2.45) is 0 Å². The minimum absolute atomic E-state index is 0.0491. The Hall–Kier alpha value is -4.17. The van der Waals surface area contributed by atoms with Crippen molar-refractivity contribution in [2.75, 3.05) is 17.0 Å². The molecule has 0 radical (unpaired) electrons. The van der Waals surface area contributed by atoms with Crippen LogP contribution in [0.15, 0.2) is 72.8 Å². The Morgan fingerprint density at radius 1 is 1.00 bits per heavy atom. The Bertz CT molecular complexity index is 1180. The van der Waals surface area contributed by atoms with Crippen LogP contribution in [-0.2, 0) is 25.6 Å². The lowest BCUT2D eigenvalue weighted by atomic mass is 9.92. The number of nitrogens with zero attached hydrogens (tertiary/aromatic N) is 1. The molecule has 0 aliphatic carbocycles. The van der Waals surface area contributed by atoms with Crippen LogP contribution in [0.2, 0.25) is 0 Å². The number of hydroxylamine groups is 1. The van der Waals surface area contributed by atoms with E-state index in [9.17, 15) is 24.6 Å². The van der Waals surface area contributed by atoms with Gasteiger partial charge in [0.25, 0.3) is 11.4 Å². The molecule has 1 atom stereocenters. The number of rotatable bonds is 11. The monoisotopic (exact) mass is 476 g/mol. The molecule has 0 spiro atoms. The van der Waals surface area contributed by atoms with Gasteiger partial charge in [0.05, 0.1) is 5.69 Å². The van der Waals surface area contributed by atoms with Crippen LogP contribution in [0.5, 0.6) is 0 Å². The summed E-state index contributed by atoms with van der Waals surface area (Å²) in [5.41, 5.74) is 1.85. The average molecular weight is 477 g/mol. The van der Waals surface area contributed by atoms with E-state index in [0.29, 0.717) is 11.3 Å². The van der Waals surface area contributed by atoms with Gasteiger partial charge in [-0.2, -0.15) is 5.06 Å². The van der Waals surface area contributed by atoms with Crippen LogP contribution >= 0.6 is 0 Å². The van der Waals surface area contributed by atoms with Gasteiger partial charge in [0, 0.05) is 18.7 Å². The van der Waals surface area contributed by atoms with E-state index in [1.54, 1.807) is 55.5 Å². The molecule has 0 fully saturated rings. The number of aliphatic carboxylic acids is 1. The van der Waals surface area contributed by atoms with Crippen LogP contribution in [-0.4, -0.2) is 40.7 Å². The van der Waals surface area contributed by atoms with Gasteiger partial charge in [-0.05, 0) is 53.8 Å². The molecule has 0 heterocycles. The number of carbonyl (C=O) groups excluding carboxylic acids is 2. The minimum Gasteiger partial charge on any atom is -0.479 e. The molecule has 182 valence electrons. The van der Waals surface area contributed by atoms with Crippen molar-refractivity contribution in [3.05, 3.63) is 83.9 Å². The summed E-state index contributed by atoms with van der Waals surface area (Å²) >= 11 is 0. The fourth-order valence-corrected chi connectivity index (χ4v) is 3.84. The molecule has 0 aromatic heterocycles. The van der Waals surface area contributed by atoms with E-state index in [-0.39, 0.29) is 12.2 Å². The maximum absolute atomic E-state index is 13.4. The zero-order valence-electron chi connectivity index (χ0n) is 19.6. The fraction of sp³-hybridized carbons (Fsp3) is 0.222. The maximum Gasteiger partial charge on any atom is 0.343 e. The molecule has 35 heavy (non-hydrogen) atoms. The number of anilines is 2. The number of nitrogens with one attached hydrogen (secondary N) is 1. The van der Waals surface area contributed by atoms with Crippen LogP contribution in [0.3, 0.4) is 0 Å². The van der Waals surface area contributed by atoms with Crippen molar-refractivity contribution in [1.82, 2.24) is 0 Å². The van der Waals surface area contributed by atoms with E-state index in [1.165, 1.54) is 5.56 Å². The number of hydrogen-bond acceptors (Lipinski definition) is 6. The quantitative estimate of drug-likeness (QED) is 0.218. The summed E-state index contributed by atoms with van der Waals surface area (Å²) in [5, 5.41) is 23.2. The Morgan fingerprint density at radius 3 is 2.11 bits per heavy atom. The smallest absolute Gasteiger partial charge is 0.343 e. The lowest BCUT2D eigenvalue weighted by Crippen LogP contribution is -2.63. The second-order valence-corrected chi connectivity index (χ2v) is 8.00. The first-order chi connectivity index (χ1) is 16.9. The van der Waals surface area contributed by atoms with Gasteiger partial charge in [0.1, 0.15) is 0 Å². The number of aliphatic hydroxyl groups excluding tert-OH is 1. The lowest BCUT2D eigenvalue weighted by Gasteiger charge is -2.37. The van der Waals surface area contributed by atoms with Crippen molar-refractivity contribution in [3.63, 3.8) is 0 Å². The SMILES string of the molecule is CCc1ccc(-c2ccc(N(OC=O)[C@@](CCO)(C(=O)O)C(=O)Nc3ccccc3C)cc2)cc1. The summed E-state index contributed by atoms with van der Waals surface area (Å²) in [6.07, 6.45) is 0.387. The van der Waals surface area contributed by atoms with Crippen molar-refractivity contribution >= 4 is 29.7 Å². The predicted octanol–water partition coefficient (Wildman–Crippen LogP) is 3.96. The molecule has 0 saturated heterocycles. The van der Waals surface area contributed by atoms with E-state index >= 15 is 0 Å². The third-order valence-electron chi connectivity index (χ3n) is 5.89.